The molecule has 51 heavy (non-hydrogen) atoms. The Hall–Kier alpha value is -5.92. The highest BCUT2D eigenvalue weighted by Gasteiger charge is 2.34. The minimum absolute atomic E-state index is 0.00225. The number of rotatable bonds is 8. The predicted molar refractivity (Wildman–Crippen MR) is 184 cm³/mol. The largest absolute Gasteiger partial charge is 0.479 e. The molecule has 0 saturated carbocycles. The molecule has 0 aliphatic rings. The van der Waals surface area contributed by atoms with Gasteiger partial charge in [0.05, 0.1) is 39.4 Å². The number of fused-ring (bicyclic) bond motifs is 1. The van der Waals surface area contributed by atoms with Crippen LogP contribution in [0.3, 0.4) is 0 Å². The van der Waals surface area contributed by atoms with E-state index in [1.54, 1.807) is 24.3 Å². The van der Waals surface area contributed by atoms with E-state index < -0.39 is 39.4 Å². The van der Waals surface area contributed by atoms with E-state index >= 15 is 4.39 Å². The van der Waals surface area contributed by atoms with Gasteiger partial charge in [0.25, 0.3) is 16.4 Å². The van der Waals surface area contributed by atoms with Crippen LogP contribution in [0.15, 0.2) is 108 Å². The molecule has 8 nitrogen and oxygen atoms in total. The zero-order valence-electron chi connectivity index (χ0n) is 26.3. The molecule has 5 aromatic carbocycles. The lowest BCUT2D eigenvalue weighted by Gasteiger charge is -2.19. The molecule has 1 heterocycles. The van der Waals surface area contributed by atoms with Crippen molar-refractivity contribution < 1.29 is 36.6 Å². The monoisotopic (exact) mass is 725 g/mol. The molecule has 0 aliphatic carbocycles. The van der Waals surface area contributed by atoms with Crippen molar-refractivity contribution >= 4 is 38.5 Å². The van der Waals surface area contributed by atoms with Crippen LogP contribution in [0.25, 0.3) is 44.4 Å². The molecule has 1 aromatic heterocycles. The van der Waals surface area contributed by atoms with E-state index in [-0.39, 0.29) is 59.9 Å². The average molecular weight is 726 g/mol. The van der Waals surface area contributed by atoms with Crippen LogP contribution >= 0.6 is 11.6 Å². The number of alkyl halides is 2. The van der Waals surface area contributed by atoms with Gasteiger partial charge in [-0.1, -0.05) is 60.1 Å². The number of nitriles is 2. The summed E-state index contributed by atoms with van der Waals surface area (Å²) in [6, 6.07) is 26.3. The van der Waals surface area contributed by atoms with Crippen LogP contribution in [0.2, 0.25) is 5.02 Å². The van der Waals surface area contributed by atoms with Crippen molar-refractivity contribution in [3.63, 3.8) is 0 Å². The number of hydrogen-bond acceptors (Lipinski definition) is 6. The number of nitrogens with zero attached hydrogens (tertiary/aromatic N) is 3. The Kier molecular flexibility index (Phi) is 8.96. The second kappa shape index (κ2) is 13.1. The summed E-state index contributed by atoms with van der Waals surface area (Å²) in [5.41, 5.74) is -1.67. The van der Waals surface area contributed by atoms with Crippen molar-refractivity contribution in [3.05, 3.63) is 136 Å². The van der Waals surface area contributed by atoms with Crippen molar-refractivity contribution in [2.24, 2.45) is 0 Å². The van der Waals surface area contributed by atoms with E-state index in [1.807, 2.05) is 12.1 Å². The quantitative estimate of drug-likeness (QED) is 0.160. The molecule has 0 radical (unpaired) electrons. The molecule has 0 spiro atoms. The first kappa shape index (κ1) is 34.9. The van der Waals surface area contributed by atoms with Crippen LogP contribution in [0, 0.1) is 28.5 Å². The standard InChI is InChI=1S/C38H23ClF3N3O5S/c1-38(48,37(46)47)26-10-14-29(31(39)17-26)22-4-2-5-23(16-22)35-34(33-24(19-43)6-3-7-25(33)20-44)30-18-27(40)11-15-32(30)45(35)51(49,50)28-12-8-21(9-13-28)36(41)42/h2-18,36,48H,1H3,(H,46,47). The zero-order chi connectivity index (χ0) is 36.8. The zero-order valence-corrected chi connectivity index (χ0v) is 27.8. The SMILES string of the molecule is CC(O)(C(=O)O)c1ccc(-c2cccc(-c3c(-c4c(C#N)cccc4C#N)c4cc(F)ccc4n3S(=O)(=O)c3ccc(C(F)F)cc3)c2)c(Cl)c1. The number of aliphatic hydroxyl groups is 1. The van der Waals surface area contributed by atoms with E-state index in [9.17, 15) is 42.7 Å². The molecule has 13 heteroatoms. The fourth-order valence-electron chi connectivity index (χ4n) is 5.91. The molecule has 0 fully saturated rings. The second-order valence-corrected chi connectivity index (χ2v) is 13.8. The molecular formula is C38H23ClF3N3O5S. The summed E-state index contributed by atoms with van der Waals surface area (Å²) < 4.78 is 72.0. The minimum atomic E-state index is -4.67. The summed E-state index contributed by atoms with van der Waals surface area (Å²) in [6.45, 7) is 1.10. The van der Waals surface area contributed by atoms with Crippen LogP contribution in [0.5, 0.6) is 0 Å². The molecule has 1 atom stereocenters. The first-order valence-electron chi connectivity index (χ1n) is 15.0. The van der Waals surface area contributed by atoms with Gasteiger partial charge in [-0.3, -0.25) is 0 Å². The molecular weight excluding hydrogens is 703 g/mol. The third-order valence-electron chi connectivity index (χ3n) is 8.51. The summed E-state index contributed by atoms with van der Waals surface area (Å²) >= 11 is 6.61. The molecule has 0 saturated heterocycles. The molecule has 6 rings (SSSR count). The number of carbonyl (C=O) groups is 1. The molecule has 0 amide bonds. The maximum absolute atomic E-state index is 15.0. The number of halogens is 4. The van der Waals surface area contributed by atoms with Crippen molar-refractivity contribution in [3.8, 4) is 45.6 Å². The Morgan fingerprint density at radius 3 is 2.08 bits per heavy atom. The van der Waals surface area contributed by atoms with Gasteiger partial charge in [-0.2, -0.15) is 10.5 Å². The highest BCUT2D eigenvalue weighted by atomic mass is 35.5. The van der Waals surface area contributed by atoms with Crippen LogP contribution < -0.4 is 0 Å². The topological polar surface area (TPSA) is 144 Å². The summed E-state index contributed by atoms with van der Waals surface area (Å²) in [4.78, 5) is 11.3. The first-order valence-corrected chi connectivity index (χ1v) is 16.8. The van der Waals surface area contributed by atoms with Crippen LogP contribution in [-0.4, -0.2) is 28.6 Å². The summed E-state index contributed by atoms with van der Waals surface area (Å²) in [5, 5.41) is 40.3. The Bertz CT molecular complexity index is 2560. The highest BCUT2D eigenvalue weighted by Crippen LogP contribution is 2.46. The number of hydrogen-bond donors (Lipinski definition) is 2. The van der Waals surface area contributed by atoms with E-state index in [0.717, 1.165) is 47.3 Å². The predicted octanol–water partition coefficient (Wildman–Crippen LogP) is 8.64. The Labute approximate surface area is 294 Å². The van der Waals surface area contributed by atoms with Gasteiger partial charge < -0.3 is 10.2 Å². The Balaban J connectivity index is 1.72. The fraction of sp³-hybridized carbons (Fsp3) is 0.0789. The molecule has 0 aliphatic heterocycles. The molecule has 1 unspecified atom stereocenters. The van der Waals surface area contributed by atoms with Gasteiger partial charge in [0.2, 0.25) is 0 Å². The van der Waals surface area contributed by atoms with Gasteiger partial charge in [0.15, 0.2) is 5.60 Å². The van der Waals surface area contributed by atoms with Crippen LogP contribution in [0.1, 0.15) is 35.6 Å². The minimum Gasteiger partial charge on any atom is -0.479 e. The smallest absolute Gasteiger partial charge is 0.340 e. The lowest BCUT2D eigenvalue weighted by atomic mass is 9.90. The third-order valence-corrected chi connectivity index (χ3v) is 10.5. The molecule has 254 valence electrons. The second-order valence-electron chi connectivity index (χ2n) is 11.6. The Morgan fingerprint density at radius 2 is 1.49 bits per heavy atom. The van der Waals surface area contributed by atoms with E-state index in [1.165, 1.54) is 42.5 Å². The van der Waals surface area contributed by atoms with Crippen molar-refractivity contribution in [2.45, 2.75) is 23.8 Å². The van der Waals surface area contributed by atoms with Gasteiger partial charge in [0, 0.05) is 38.2 Å². The number of carboxylic acids is 1. The van der Waals surface area contributed by atoms with Crippen molar-refractivity contribution in [1.82, 2.24) is 3.97 Å². The Morgan fingerprint density at radius 1 is 0.863 bits per heavy atom. The first-order chi connectivity index (χ1) is 24.2. The molecule has 2 N–H and O–H groups in total. The molecule has 0 bridgehead atoms. The average Bonchev–Trinajstić information content (AvgIpc) is 3.45. The number of aliphatic carboxylic acids is 1. The summed E-state index contributed by atoms with van der Waals surface area (Å²) in [5.74, 6) is -2.23. The van der Waals surface area contributed by atoms with Gasteiger partial charge in [-0.25, -0.2) is 30.4 Å². The lowest BCUT2D eigenvalue weighted by molar-refractivity contribution is -0.157. The molecule has 6 aromatic rings. The number of benzene rings is 5. The summed E-state index contributed by atoms with van der Waals surface area (Å²) in [6.07, 6.45) is -2.86. The van der Waals surface area contributed by atoms with Gasteiger partial charge in [0.1, 0.15) is 5.82 Å². The maximum atomic E-state index is 15.0. The van der Waals surface area contributed by atoms with E-state index in [2.05, 4.69) is 0 Å². The van der Waals surface area contributed by atoms with Crippen molar-refractivity contribution in [2.75, 3.05) is 0 Å². The van der Waals surface area contributed by atoms with E-state index in [0.29, 0.717) is 11.1 Å². The van der Waals surface area contributed by atoms with E-state index in [4.69, 9.17) is 11.6 Å². The normalized spacial score (nSPS) is 12.7. The number of carboxylic acid groups (broad SMARTS) is 1. The third kappa shape index (κ3) is 6.00. The van der Waals surface area contributed by atoms with Gasteiger partial charge >= 0.3 is 5.97 Å². The van der Waals surface area contributed by atoms with Gasteiger partial charge in [-0.15, -0.1) is 0 Å². The van der Waals surface area contributed by atoms with Gasteiger partial charge in [-0.05, 0) is 72.6 Å². The number of aromatic nitrogens is 1. The summed E-state index contributed by atoms with van der Waals surface area (Å²) in [7, 11) is -4.67. The van der Waals surface area contributed by atoms with Crippen molar-refractivity contribution in [1.29, 1.82) is 10.5 Å². The highest BCUT2D eigenvalue weighted by molar-refractivity contribution is 7.90. The fourth-order valence-corrected chi connectivity index (χ4v) is 7.74. The lowest BCUT2D eigenvalue weighted by Crippen LogP contribution is -2.31. The van der Waals surface area contributed by atoms with Crippen LogP contribution in [-0.2, 0) is 20.4 Å². The maximum Gasteiger partial charge on any atom is 0.340 e. The van der Waals surface area contributed by atoms with Crippen LogP contribution in [0.4, 0.5) is 13.2 Å².